The van der Waals surface area contributed by atoms with Crippen molar-refractivity contribution < 1.29 is 4.79 Å². The molecule has 1 aliphatic rings. The van der Waals surface area contributed by atoms with Crippen molar-refractivity contribution in [3.05, 3.63) is 53.1 Å². The number of allylic oxidation sites excluding steroid dienone is 1. The average molecular weight is 241 g/mol. The molecule has 1 aromatic rings. The molecule has 2 rings (SSSR count). The van der Waals surface area contributed by atoms with Crippen molar-refractivity contribution in [2.45, 2.75) is 32.2 Å². The van der Waals surface area contributed by atoms with Gasteiger partial charge in [-0.3, -0.25) is 4.79 Å². The van der Waals surface area contributed by atoms with E-state index in [9.17, 15) is 4.79 Å². The summed E-state index contributed by atoms with van der Waals surface area (Å²) in [6.07, 6.45) is 6.05. The summed E-state index contributed by atoms with van der Waals surface area (Å²) in [5.41, 5.74) is 9.66. The van der Waals surface area contributed by atoms with Crippen LogP contribution in [0.15, 0.2) is 47.6 Å². The smallest absolute Gasteiger partial charge is 0.137 e. The quantitative estimate of drug-likeness (QED) is 0.826. The molecule has 0 fully saturated rings. The summed E-state index contributed by atoms with van der Waals surface area (Å²) < 4.78 is 0. The van der Waals surface area contributed by atoms with E-state index < -0.39 is 0 Å². The van der Waals surface area contributed by atoms with Crippen LogP contribution in [0.1, 0.15) is 31.7 Å². The molecule has 1 atom stereocenters. The standard InChI is InChI=1S/C16H19NO/c1-12-7-9-14(18)11-15(12)16(17)10-8-13-5-3-2-4-6-13/h2-6,8,10,16H,7,9,11,17H2,1H3/b10-8+. The number of carbonyl (C=O) groups is 1. The summed E-state index contributed by atoms with van der Waals surface area (Å²) in [4.78, 5) is 11.5. The Kier molecular flexibility index (Phi) is 4.11. The van der Waals surface area contributed by atoms with Crippen molar-refractivity contribution in [3.8, 4) is 0 Å². The molecule has 0 saturated heterocycles. The van der Waals surface area contributed by atoms with Crippen molar-refractivity contribution in [2.75, 3.05) is 0 Å². The maximum Gasteiger partial charge on any atom is 0.137 e. The van der Waals surface area contributed by atoms with Crippen LogP contribution in [0.25, 0.3) is 6.08 Å². The zero-order valence-electron chi connectivity index (χ0n) is 10.7. The fourth-order valence-corrected chi connectivity index (χ4v) is 2.24. The first-order valence-corrected chi connectivity index (χ1v) is 6.36. The van der Waals surface area contributed by atoms with E-state index in [1.165, 1.54) is 5.57 Å². The van der Waals surface area contributed by atoms with E-state index >= 15 is 0 Å². The Morgan fingerprint density at radius 2 is 1.94 bits per heavy atom. The molecule has 2 nitrogen and oxygen atoms in total. The molecule has 0 aliphatic heterocycles. The molecule has 94 valence electrons. The first kappa shape index (κ1) is 12.8. The molecule has 0 spiro atoms. The van der Waals surface area contributed by atoms with Gasteiger partial charge in [0.05, 0.1) is 0 Å². The lowest BCUT2D eigenvalue weighted by Crippen LogP contribution is -2.25. The van der Waals surface area contributed by atoms with Crippen LogP contribution in [0.3, 0.4) is 0 Å². The molecule has 0 amide bonds. The Labute approximate surface area is 108 Å². The van der Waals surface area contributed by atoms with Crippen LogP contribution in [-0.2, 0) is 4.79 Å². The van der Waals surface area contributed by atoms with Gasteiger partial charge in [-0.25, -0.2) is 0 Å². The van der Waals surface area contributed by atoms with E-state index in [0.29, 0.717) is 18.6 Å². The molecule has 1 aromatic carbocycles. The fraction of sp³-hybridized carbons (Fsp3) is 0.312. The molecule has 0 bridgehead atoms. The van der Waals surface area contributed by atoms with Crippen molar-refractivity contribution in [3.63, 3.8) is 0 Å². The third kappa shape index (κ3) is 3.17. The number of carbonyl (C=O) groups excluding carboxylic acids is 1. The fourth-order valence-electron chi connectivity index (χ4n) is 2.24. The number of ketones is 1. The van der Waals surface area contributed by atoms with Gasteiger partial charge < -0.3 is 5.73 Å². The lowest BCUT2D eigenvalue weighted by Gasteiger charge is -2.20. The van der Waals surface area contributed by atoms with E-state index in [-0.39, 0.29) is 6.04 Å². The summed E-state index contributed by atoms with van der Waals surface area (Å²) in [6.45, 7) is 2.08. The Bertz CT molecular complexity index is 485. The number of Topliss-reactive ketones (excluding diaryl/α,β-unsaturated/α-hetero) is 1. The van der Waals surface area contributed by atoms with Gasteiger partial charge in [-0.2, -0.15) is 0 Å². The molecule has 2 heteroatoms. The Morgan fingerprint density at radius 3 is 2.67 bits per heavy atom. The van der Waals surface area contributed by atoms with E-state index in [0.717, 1.165) is 17.6 Å². The van der Waals surface area contributed by atoms with Crippen molar-refractivity contribution >= 4 is 11.9 Å². The Balaban J connectivity index is 2.10. The van der Waals surface area contributed by atoms with Gasteiger partial charge in [0.15, 0.2) is 0 Å². The van der Waals surface area contributed by atoms with Crippen molar-refractivity contribution in [1.82, 2.24) is 0 Å². The molecule has 18 heavy (non-hydrogen) atoms. The summed E-state index contributed by atoms with van der Waals surface area (Å²) in [5, 5.41) is 0. The van der Waals surface area contributed by atoms with Gasteiger partial charge in [0.1, 0.15) is 5.78 Å². The second kappa shape index (κ2) is 5.78. The molecule has 1 aliphatic carbocycles. The van der Waals surface area contributed by atoms with Gasteiger partial charge >= 0.3 is 0 Å². The maximum atomic E-state index is 11.5. The van der Waals surface area contributed by atoms with Crippen LogP contribution in [0, 0.1) is 0 Å². The second-order valence-corrected chi connectivity index (χ2v) is 4.82. The molecular formula is C16H19NO. The zero-order valence-corrected chi connectivity index (χ0v) is 10.7. The van der Waals surface area contributed by atoms with Crippen molar-refractivity contribution in [1.29, 1.82) is 0 Å². The van der Waals surface area contributed by atoms with Crippen LogP contribution >= 0.6 is 0 Å². The first-order valence-electron chi connectivity index (χ1n) is 6.36. The number of nitrogens with two attached hydrogens (primary N) is 1. The second-order valence-electron chi connectivity index (χ2n) is 4.82. The minimum absolute atomic E-state index is 0.144. The lowest BCUT2D eigenvalue weighted by atomic mass is 9.87. The molecule has 0 saturated carbocycles. The van der Waals surface area contributed by atoms with Crippen molar-refractivity contribution in [2.24, 2.45) is 5.73 Å². The molecule has 0 heterocycles. The minimum atomic E-state index is -0.144. The monoisotopic (exact) mass is 241 g/mol. The summed E-state index contributed by atoms with van der Waals surface area (Å²) >= 11 is 0. The number of hydrogen-bond acceptors (Lipinski definition) is 2. The molecule has 1 unspecified atom stereocenters. The van der Waals surface area contributed by atoms with Crippen LogP contribution in [0.5, 0.6) is 0 Å². The van der Waals surface area contributed by atoms with E-state index in [1.54, 1.807) is 0 Å². The van der Waals surface area contributed by atoms with E-state index in [1.807, 2.05) is 42.5 Å². The summed E-state index contributed by atoms with van der Waals surface area (Å²) in [5.74, 6) is 0.305. The number of hydrogen-bond donors (Lipinski definition) is 1. The van der Waals surface area contributed by atoms with Gasteiger partial charge in [-0.05, 0) is 24.5 Å². The highest BCUT2D eigenvalue weighted by molar-refractivity contribution is 5.83. The highest BCUT2D eigenvalue weighted by Gasteiger charge is 2.19. The lowest BCUT2D eigenvalue weighted by molar-refractivity contribution is -0.118. The first-order chi connectivity index (χ1) is 8.66. The largest absolute Gasteiger partial charge is 0.321 e. The van der Waals surface area contributed by atoms with E-state index in [2.05, 4.69) is 6.92 Å². The highest BCUT2D eigenvalue weighted by atomic mass is 16.1. The van der Waals surface area contributed by atoms with Gasteiger partial charge in [-0.1, -0.05) is 48.1 Å². The topological polar surface area (TPSA) is 43.1 Å². The molecule has 2 N–H and O–H groups in total. The van der Waals surface area contributed by atoms with Crippen LogP contribution in [0.2, 0.25) is 0 Å². The number of rotatable bonds is 3. The zero-order chi connectivity index (χ0) is 13.0. The Morgan fingerprint density at radius 1 is 1.22 bits per heavy atom. The third-order valence-electron chi connectivity index (χ3n) is 3.41. The third-order valence-corrected chi connectivity index (χ3v) is 3.41. The van der Waals surface area contributed by atoms with Gasteiger partial charge in [0.2, 0.25) is 0 Å². The SMILES string of the molecule is CC1=C(C(N)/C=C/c2ccccc2)CC(=O)CC1. The predicted molar refractivity (Wildman–Crippen MR) is 75.0 cm³/mol. The molecular weight excluding hydrogens is 222 g/mol. The highest BCUT2D eigenvalue weighted by Crippen LogP contribution is 2.24. The predicted octanol–water partition coefficient (Wildman–Crippen LogP) is 3.10. The summed E-state index contributed by atoms with van der Waals surface area (Å²) in [6, 6.07) is 9.92. The van der Waals surface area contributed by atoms with Crippen LogP contribution in [0.4, 0.5) is 0 Å². The van der Waals surface area contributed by atoms with Crippen LogP contribution in [-0.4, -0.2) is 11.8 Å². The Hall–Kier alpha value is -1.67. The van der Waals surface area contributed by atoms with Gasteiger partial charge in [0, 0.05) is 18.9 Å². The van der Waals surface area contributed by atoms with Crippen LogP contribution < -0.4 is 5.73 Å². The van der Waals surface area contributed by atoms with Gasteiger partial charge in [-0.15, -0.1) is 0 Å². The van der Waals surface area contributed by atoms with E-state index in [4.69, 9.17) is 5.73 Å². The average Bonchev–Trinajstić information content (AvgIpc) is 2.40. The number of benzene rings is 1. The normalized spacial score (nSPS) is 18.4. The molecule has 0 aromatic heterocycles. The summed E-state index contributed by atoms with van der Waals surface area (Å²) in [7, 11) is 0. The minimum Gasteiger partial charge on any atom is -0.321 e. The van der Waals surface area contributed by atoms with Gasteiger partial charge in [0.25, 0.3) is 0 Å². The molecule has 0 radical (unpaired) electrons. The maximum absolute atomic E-state index is 11.5.